The van der Waals surface area contributed by atoms with Gasteiger partial charge in [-0.05, 0) is 67.0 Å². The molecule has 1 aromatic carbocycles. The van der Waals surface area contributed by atoms with Crippen LogP contribution in [0, 0.1) is 11.7 Å². The molecule has 0 saturated carbocycles. The third-order valence-corrected chi connectivity index (χ3v) is 4.71. The number of nitrogens with one attached hydrogen (secondary N) is 1. The normalized spacial score (nSPS) is 13.8. The molecular weight excluding hydrogens is 297 g/mol. The molecule has 0 fully saturated rings. The number of amides is 1. The van der Waals surface area contributed by atoms with E-state index in [1.807, 2.05) is 20.1 Å². The van der Waals surface area contributed by atoms with Gasteiger partial charge in [-0.2, -0.15) is 0 Å². The first-order valence-electron chi connectivity index (χ1n) is 7.58. The van der Waals surface area contributed by atoms with E-state index in [1.54, 1.807) is 17.8 Å². The number of allylic oxidation sites excluding steroid dienone is 1. The van der Waals surface area contributed by atoms with Crippen LogP contribution in [-0.2, 0) is 4.79 Å². The van der Waals surface area contributed by atoms with Gasteiger partial charge in [0.05, 0.1) is 0 Å². The SMILES string of the molecule is CS/C(C)=C(\C)C(=O)Nc1ccc(F)cc1C(C)CC(C)C. The predicted octanol–water partition coefficient (Wildman–Crippen LogP) is 5.57. The fourth-order valence-corrected chi connectivity index (χ4v) is 2.82. The Balaban J connectivity index is 3.07. The van der Waals surface area contributed by atoms with E-state index in [9.17, 15) is 9.18 Å². The Morgan fingerprint density at radius 2 is 1.91 bits per heavy atom. The second kappa shape index (κ2) is 8.37. The van der Waals surface area contributed by atoms with Crippen LogP contribution < -0.4 is 5.32 Å². The van der Waals surface area contributed by atoms with Crippen molar-refractivity contribution in [2.24, 2.45) is 5.92 Å². The summed E-state index contributed by atoms with van der Waals surface area (Å²) >= 11 is 1.55. The zero-order valence-corrected chi connectivity index (χ0v) is 15.1. The molecule has 0 radical (unpaired) electrons. The third kappa shape index (κ3) is 5.16. The van der Waals surface area contributed by atoms with Gasteiger partial charge in [0, 0.05) is 11.3 Å². The van der Waals surface area contributed by atoms with Gasteiger partial charge in [0.1, 0.15) is 5.82 Å². The number of benzene rings is 1. The first-order valence-corrected chi connectivity index (χ1v) is 8.81. The summed E-state index contributed by atoms with van der Waals surface area (Å²) in [6.45, 7) is 10.1. The van der Waals surface area contributed by atoms with Gasteiger partial charge in [-0.3, -0.25) is 4.79 Å². The summed E-state index contributed by atoms with van der Waals surface area (Å²) in [6.07, 6.45) is 2.89. The Hall–Kier alpha value is -1.29. The summed E-state index contributed by atoms with van der Waals surface area (Å²) in [7, 11) is 0. The van der Waals surface area contributed by atoms with Crippen LogP contribution in [0.15, 0.2) is 28.7 Å². The van der Waals surface area contributed by atoms with Crippen molar-refractivity contribution in [2.75, 3.05) is 11.6 Å². The molecule has 0 bridgehead atoms. The number of anilines is 1. The van der Waals surface area contributed by atoms with E-state index in [0.717, 1.165) is 16.9 Å². The zero-order valence-electron chi connectivity index (χ0n) is 14.3. The molecule has 0 aromatic heterocycles. The maximum absolute atomic E-state index is 13.6. The number of thioether (sulfide) groups is 1. The van der Waals surface area contributed by atoms with Crippen LogP contribution in [0.1, 0.15) is 52.5 Å². The number of hydrogen-bond donors (Lipinski definition) is 1. The summed E-state index contributed by atoms with van der Waals surface area (Å²) in [5, 5.41) is 2.93. The maximum Gasteiger partial charge on any atom is 0.252 e. The Labute approximate surface area is 137 Å². The lowest BCUT2D eigenvalue weighted by atomic mass is 9.90. The summed E-state index contributed by atoms with van der Waals surface area (Å²) in [5.41, 5.74) is 2.25. The number of hydrogen-bond acceptors (Lipinski definition) is 2. The van der Waals surface area contributed by atoms with Crippen molar-refractivity contribution in [3.8, 4) is 0 Å². The van der Waals surface area contributed by atoms with Crippen LogP contribution in [-0.4, -0.2) is 12.2 Å². The summed E-state index contributed by atoms with van der Waals surface area (Å²) in [4.78, 5) is 13.3. The van der Waals surface area contributed by atoms with E-state index in [4.69, 9.17) is 0 Å². The highest BCUT2D eigenvalue weighted by molar-refractivity contribution is 8.02. The van der Waals surface area contributed by atoms with E-state index in [-0.39, 0.29) is 17.6 Å². The molecule has 0 aliphatic rings. The predicted molar refractivity (Wildman–Crippen MR) is 94.8 cm³/mol. The van der Waals surface area contributed by atoms with Crippen molar-refractivity contribution in [1.82, 2.24) is 0 Å². The lowest BCUT2D eigenvalue weighted by Gasteiger charge is -2.19. The van der Waals surface area contributed by atoms with Crippen LogP contribution in [0.3, 0.4) is 0 Å². The number of carbonyl (C=O) groups excluding carboxylic acids is 1. The Morgan fingerprint density at radius 1 is 1.27 bits per heavy atom. The largest absolute Gasteiger partial charge is 0.322 e. The lowest BCUT2D eigenvalue weighted by Crippen LogP contribution is -2.16. The highest BCUT2D eigenvalue weighted by atomic mass is 32.2. The van der Waals surface area contributed by atoms with Gasteiger partial charge in [-0.1, -0.05) is 20.8 Å². The summed E-state index contributed by atoms with van der Waals surface area (Å²) in [5.74, 6) is 0.312. The minimum atomic E-state index is -0.267. The minimum absolute atomic E-state index is 0.128. The van der Waals surface area contributed by atoms with E-state index in [0.29, 0.717) is 17.2 Å². The third-order valence-electron chi connectivity index (χ3n) is 3.79. The molecule has 0 aliphatic carbocycles. The molecule has 2 nitrogen and oxygen atoms in total. The van der Waals surface area contributed by atoms with Gasteiger partial charge >= 0.3 is 0 Å². The van der Waals surface area contributed by atoms with Crippen LogP contribution in [0.2, 0.25) is 0 Å². The van der Waals surface area contributed by atoms with E-state index in [1.165, 1.54) is 12.1 Å². The van der Waals surface area contributed by atoms with Crippen molar-refractivity contribution in [1.29, 1.82) is 0 Å². The molecule has 122 valence electrons. The Kier molecular flexibility index (Phi) is 7.14. The van der Waals surface area contributed by atoms with Crippen LogP contribution >= 0.6 is 11.8 Å². The highest BCUT2D eigenvalue weighted by Crippen LogP contribution is 2.30. The molecule has 0 saturated heterocycles. The second-order valence-electron chi connectivity index (χ2n) is 6.10. The van der Waals surface area contributed by atoms with Gasteiger partial charge in [0.15, 0.2) is 0 Å². The highest BCUT2D eigenvalue weighted by Gasteiger charge is 2.16. The molecule has 1 N–H and O–H groups in total. The molecule has 1 rings (SSSR count). The quantitative estimate of drug-likeness (QED) is 0.693. The van der Waals surface area contributed by atoms with E-state index < -0.39 is 0 Å². The van der Waals surface area contributed by atoms with Crippen molar-refractivity contribution < 1.29 is 9.18 Å². The molecule has 0 spiro atoms. The fraction of sp³-hybridized carbons (Fsp3) is 0.500. The average Bonchev–Trinajstić information content (AvgIpc) is 2.46. The zero-order chi connectivity index (χ0) is 16.9. The topological polar surface area (TPSA) is 29.1 Å². The van der Waals surface area contributed by atoms with Crippen molar-refractivity contribution in [2.45, 2.75) is 47.0 Å². The first kappa shape index (κ1) is 18.8. The molecular formula is C18H26FNOS. The lowest BCUT2D eigenvalue weighted by molar-refractivity contribution is -0.112. The first-order chi connectivity index (χ1) is 10.3. The van der Waals surface area contributed by atoms with Gasteiger partial charge in [0.2, 0.25) is 0 Å². The Morgan fingerprint density at radius 3 is 2.45 bits per heavy atom. The van der Waals surface area contributed by atoms with Gasteiger partial charge in [-0.15, -0.1) is 11.8 Å². The van der Waals surface area contributed by atoms with E-state index in [2.05, 4.69) is 26.1 Å². The summed E-state index contributed by atoms with van der Waals surface area (Å²) < 4.78 is 13.6. The maximum atomic E-state index is 13.6. The molecule has 1 aromatic rings. The fourth-order valence-electron chi connectivity index (χ4n) is 2.42. The van der Waals surface area contributed by atoms with Gasteiger partial charge in [-0.25, -0.2) is 4.39 Å². The van der Waals surface area contributed by atoms with Crippen molar-refractivity contribution in [3.63, 3.8) is 0 Å². The molecule has 1 amide bonds. The van der Waals surface area contributed by atoms with Crippen molar-refractivity contribution >= 4 is 23.4 Å². The van der Waals surface area contributed by atoms with Gasteiger partial charge in [0.25, 0.3) is 5.91 Å². The van der Waals surface area contributed by atoms with Gasteiger partial charge < -0.3 is 5.32 Å². The minimum Gasteiger partial charge on any atom is -0.322 e. The smallest absolute Gasteiger partial charge is 0.252 e. The molecule has 22 heavy (non-hydrogen) atoms. The number of rotatable bonds is 6. The van der Waals surface area contributed by atoms with Crippen LogP contribution in [0.25, 0.3) is 0 Å². The molecule has 4 heteroatoms. The van der Waals surface area contributed by atoms with Crippen LogP contribution in [0.4, 0.5) is 10.1 Å². The molecule has 1 unspecified atom stereocenters. The Bertz CT molecular complexity index is 566. The van der Waals surface area contributed by atoms with Crippen LogP contribution in [0.5, 0.6) is 0 Å². The second-order valence-corrected chi connectivity index (χ2v) is 7.12. The standard InChI is InChI=1S/C18H26FNOS/c1-11(2)9-12(3)16-10-15(19)7-8-17(16)20-18(21)13(4)14(5)22-6/h7-8,10-12H,9H2,1-6H3,(H,20,21)/b14-13+. The summed E-state index contributed by atoms with van der Waals surface area (Å²) in [6, 6.07) is 4.58. The van der Waals surface area contributed by atoms with Crippen molar-refractivity contribution in [3.05, 3.63) is 40.1 Å². The monoisotopic (exact) mass is 323 g/mol. The molecule has 1 atom stereocenters. The average molecular weight is 323 g/mol. The number of halogens is 1. The molecule has 0 heterocycles. The number of carbonyl (C=O) groups is 1. The molecule has 0 aliphatic heterocycles. The van der Waals surface area contributed by atoms with E-state index >= 15 is 0 Å².